The predicted molar refractivity (Wildman–Crippen MR) is 119 cm³/mol. The van der Waals surface area contributed by atoms with E-state index in [0.29, 0.717) is 12.1 Å². The zero-order valence-corrected chi connectivity index (χ0v) is 18.0. The van der Waals surface area contributed by atoms with Gasteiger partial charge in [0.15, 0.2) is 0 Å². The Morgan fingerprint density at radius 1 is 1.10 bits per heavy atom. The standard InChI is InChI=1S/C24H25N3O3S/c1-2-15-26(23(28)20-11-7-4-8-12-20)17-22-16-25-24(27(22)21-13-14-21)31(29,30)18-19-9-5-3-6-10-19/h2-12,16,21H,1,13-15,17-18H2. The van der Waals surface area contributed by atoms with Gasteiger partial charge in [-0.05, 0) is 30.5 Å². The molecule has 0 radical (unpaired) electrons. The van der Waals surface area contributed by atoms with Gasteiger partial charge in [0, 0.05) is 18.2 Å². The van der Waals surface area contributed by atoms with E-state index in [1.807, 2.05) is 41.0 Å². The van der Waals surface area contributed by atoms with Crippen LogP contribution < -0.4 is 0 Å². The van der Waals surface area contributed by atoms with E-state index in [0.717, 1.165) is 24.1 Å². The maximum Gasteiger partial charge on any atom is 0.254 e. The van der Waals surface area contributed by atoms with Crippen molar-refractivity contribution in [2.24, 2.45) is 0 Å². The second-order valence-electron chi connectivity index (χ2n) is 7.72. The van der Waals surface area contributed by atoms with Crippen molar-refractivity contribution in [2.75, 3.05) is 6.54 Å². The first-order valence-corrected chi connectivity index (χ1v) is 11.9. The lowest BCUT2D eigenvalue weighted by atomic mass is 10.2. The summed E-state index contributed by atoms with van der Waals surface area (Å²) in [6, 6.07) is 18.3. The summed E-state index contributed by atoms with van der Waals surface area (Å²) in [6.45, 7) is 4.39. The SMILES string of the molecule is C=CCN(Cc1cnc(S(=O)(=O)Cc2ccccc2)n1C1CC1)C(=O)c1ccccc1. The minimum Gasteiger partial charge on any atom is -0.329 e. The minimum atomic E-state index is -3.62. The van der Waals surface area contributed by atoms with Gasteiger partial charge in [-0.1, -0.05) is 54.6 Å². The molecule has 1 aliphatic rings. The van der Waals surface area contributed by atoms with Gasteiger partial charge in [0.05, 0.1) is 24.2 Å². The van der Waals surface area contributed by atoms with Crippen LogP contribution in [0.5, 0.6) is 0 Å². The van der Waals surface area contributed by atoms with Crippen LogP contribution in [0.1, 0.15) is 40.5 Å². The highest BCUT2D eigenvalue weighted by Crippen LogP contribution is 2.39. The lowest BCUT2D eigenvalue weighted by Crippen LogP contribution is -2.31. The maximum atomic E-state index is 13.2. The molecule has 160 valence electrons. The van der Waals surface area contributed by atoms with Crippen molar-refractivity contribution in [1.82, 2.24) is 14.5 Å². The normalized spacial score (nSPS) is 13.7. The van der Waals surface area contributed by atoms with Gasteiger partial charge in [0.25, 0.3) is 5.91 Å². The summed E-state index contributed by atoms with van der Waals surface area (Å²) in [4.78, 5) is 19.0. The first kappa shape index (κ1) is 21.1. The number of hydrogen-bond acceptors (Lipinski definition) is 4. The monoisotopic (exact) mass is 435 g/mol. The van der Waals surface area contributed by atoms with Gasteiger partial charge in [0.1, 0.15) is 0 Å². The van der Waals surface area contributed by atoms with Gasteiger partial charge < -0.3 is 9.47 Å². The fraction of sp³-hybridized carbons (Fsp3) is 0.250. The molecule has 0 spiro atoms. The van der Waals surface area contributed by atoms with E-state index in [1.54, 1.807) is 41.4 Å². The topological polar surface area (TPSA) is 72.3 Å². The number of aromatic nitrogens is 2. The number of amides is 1. The van der Waals surface area contributed by atoms with Crippen LogP contribution in [0.2, 0.25) is 0 Å². The number of rotatable bonds is 9. The molecular formula is C24H25N3O3S. The largest absolute Gasteiger partial charge is 0.329 e. The number of nitrogens with zero attached hydrogens (tertiary/aromatic N) is 3. The van der Waals surface area contributed by atoms with Crippen LogP contribution in [0.15, 0.2) is 84.7 Å². The fourth-order valence-electron chi connectivity index (χ4n) is 3.64. The molecule has 1 saturated carbocycles. The fourth-order valence-corrected chi connectivity index (χ4v) is 5.18. The molecule has 7 heteroatoms. The second-order valence-corrected chi connectivity index (χ2v) is 9.60. The van der Waals surface area contributed by atoms with Gasteiger partial charge in [-0.25, -0.2) is 13.4 Å². The molecule has 0 aliphatic heterocycles. The number of benzene rings is 2. The molecule has 4 rings (SSSR count). The first-order chi connectivity index (χ1) is 15.0. The number of carbonyl (C=O) groups excluding carboxylic acids is 1. The third-order valence-corrected chi connectivity index (χ3v) is 6.81. The van der Waals surface area contributed by atoms with Crippen molar-refractivity contribution in [2.45, 2.75) is 36.3 Å². The average molecular weight is 436 g/mol. The quantitative estimate of drug-likeness (QED) is 0.476. The van der Waals surface area contributed by atoms with Crippen molar-refractivity contribution in [3.63, 3.8) is 0 Å². The van der Waals surface area contributed by atoms with Gasteiger partial charge in [-0.3, -0.25) is 4.79 Å². The molecule has 1 fully saturated rings. The molecule has 6 nitrogen and oxygen atoms in total. The number of carbonyl (C=O) groups is 1. The van der Waals surface area contributed by atoms with Gasteiger partial charge in [0.2, 0.25) is 15.0 Å². The Labute approximate surface area is 182 Å². The van der Waals surface area contributed by atoms with Crippen LogP contribution in [0.4, 0.5) is 0 Å². The Kier molecular flexibility index (Phi) is 6.04. The second kappa shape index (κ2) is 8.89. The Balaban J connectivity index is 1.64. The maximum absolute atomic E-state index is 13.2. The van der Waals surface area contributed by atoms with Gasteiger partial charge in [-0.15, -0.1) is 6.58 Å². The molecule has 0 saturated heterocycles. The molecule has 1 amide bonds. The van der Waals surface area contributed by atoms with Crippen LogP contribution >= 0.6 is 0 Å². The zero-order chi connectivity index (χ0) is 21.8. The first-order valence-electron chi connectivity index (χ1n) is 10.3. The smallest absolute Gasteiger partial charge is 0.254 e. The van der Waals surface area contributed by atoms with Gasteiger partial charge in [-0.2, -0.15) is 0 Å². The van der Waals surface area contributed by atoms with E-state index in [4.69, 9.17) is 0 Å². The van der Waals surface area contributed by atoms with E-state index in [-0.39, 0.29) is 29.4 Å². The van der Waals surface area contributed by atoms with Crippen LogP contribution in [0.3, 0.4) is 0 Å². The molecule has 1 aromatic heterocycles. The Morgan fingerprint density at radius 2 is 1.74 bits per heavy atom. The summed E-state index contributed by atoms with van der Waals surface area (Å²) >= 11 is 0. The summed E-state index contributed by atoms with van der Waals surface area (Å²) in [5.41, 5.74) is 2.03. The summed E-state index contributed by atoms with van der Waals surface area (Å²) in [5.74, 6) is -0.228. The molecular weight excluding hydrogens is 410 g/mol. The third kappa shape index (κ3) is 4.77. The Bertz CT molecular complexity index is 1170. The average Bonchev–Trinajstić information content (AvgIpc) is 3.53. The lowest BCUT2D eigenvalue weighted by Gasteiger charge is -2.22. The van der Waals surface area contributed by atoms with Crippen molar-refractivity contribution in [1.29, 1.82) is 0 Å². The molecule has 0 N–H and O–H groups in total. The van der Waals surface area contributed by atoms with Crippen molar-refractivity contribution in [3.8, 4) is 0 Å². The third-order valence-electron chi connectivity index (χ3n) is 5.24. The Morgan fingerprint density at radius 3 is 2.35 bits per heavy atom. The highest BCUT2D eigenvalue weighted by molar-refractivity contribution is 7.90. The van der Waals surface area contributed by atoms with E-state index in [2.05, 4.69) is 11.6 Å². The predicted octanol–water partition coefficient (Wildman–Crippen LogP) is 4.02. The van der Waals surface area contributed by atoms with Crippen molar-refractivity contribution >= 4 is 15.7 Å². The summed E-state index contributed by atoms with van der Waals surface area (Å²) in [7, 11) is -3.62. The van der Waals surface area contributed by atoms with Crippen LogP contribution in [0, 0.1) is 0 Å². The van der Waals surface area contributed by atoms with E-state index < -0.39 is 9.84 Å². The van der Waals surface area contributed by atoms with E-state index in [9.17, 15) is 13.2 Å². The van der Waals surface area contributed by atoms with Crippen LogP contribution in [-0.2, 0) is 22.1 Å². The summed E-state index contributed by atoms with van der Waals surface area (Å²) in [5, 5.41) is 0.0829. The van der Waals surface area contributed by atoms with E-state index >= 15 is 0 Å². The van der Waals surface area contributed by atoms with Crippen molar-refractivity contribution < 1.29 is 13.2 Å². The minimum absolute atomic E-state index is 0.0829. The molecule has 1 aliphatic carbocycles. The van der Waals surface area contributed by atoms with Gasteiger partial charge >= 0.3 is 0 Å². The van der Waals surface area contributed by atoms with Crippen LogP contribution in [0.25, 0.3) is 0 Å². The Hall–Kier alpha value is -3.19. The molecule has 0 unspecified atom stereocenters. The molecule has 2 aromatic carbocycles. The lowest BCUT2D eigenvalue weighted by molar-refractivity contribution is 0.0759. The summed E-state index contributed by atoms with van der Waals surface area (Å²) in [6.07, 6.45) is 5.08. The van der Waals surface area contributed by atoms with Crippen molar-refractivity contribution in [3.05, 3.63) is 96.3 Å². The number of sulfone groups is 1. The van der Waals surface area contributed by atoms with E-state index in [1.165, 1.54) is 0 Å². The molecule has 31 heavy (non-hydrogen) atoms. The zero-order valence-electron chi connectivity index (χ0n) is 17.2. The highest BCUT2D eigenvalue weighted by atomic mass is 32.2. The summed E-state index contributed by atoms with van der Waals surface area (Å²) < 4.78 is 28.1. The molecule has 3 aromatic rings. The number of imidazole rings is 1. The number of hydrogen-bond donors (Lipinski definition) is 0. The molecule has 0 bridgehead atoms. The highest BCUT2D eigenvalue weighted by Gasteiger charge is 2.34. The van der Waals surface area contributed by atoms with Crippen LogP contribution in [-0.4, -0.2) is 35.3 Å². The molecule has 1 heterocycles. The molecule has 0 atom stereocenters.